The molecule has 0 spiro atoms. The highest BCUT2D eigenvalue weighted by Crippen LogP contribution is 2.43. The minimum Gasteiger partial charge on any atom is -0.493 e. The summed E-state index contributed by atoms with van der Waals surface area (Å²) in [6, 6.07) is 7.06. The summed E-state index contributed by atoms with van der Waals surface area (Å²) in [5.41, 5.74) is -7.29. The van der Waals surface area contributed by atoms with Gasteiger partial charge in [-0.15, -0.1) is 0 Å². The number of halogens is 5. The first-order valence-electron chi connectivity index (χ1n) is 8.49. The number of thiocarbonyl (C=S) groups is 1. The largest absolute Gasteiger partial charge is 0.534 e. The number of amides is 1. The fourth-order valence-electron chi connectivity index (χ4n) is 3.25. The predicted molar refractivity (Wildman–Crippen MR) is 112 cm³/mol. The van der Waals surface area contributed by atoms with Crippen LogP contribution >= 0.6 is 28.1 Å². The molecule has 0 aliphatic carbocycles. The lowest BCUT2D eigenvalue weighted by atomic mass is 9.81. The smallest absolute Gasteiger partial charge is 0.493 e. The lowest BCUT2D eigenvalue weighted by Crippen LogP contribution is -2.46. The van der Waals surface area contributed by atoms with E-state index >= 15 is 0 Å². The van der Waals surface area contributed by atoms with Crippen LogP contribution in [0.25, 0.3) is 0 Å². The molecule has 1 atom stereocenters. The van der Waals surface area contributed by atoms with E-state index in [0.29, 0.717) is 0 Å². The summed E-state index contributed by atoms with van der Waals surface area (Å²) in [6.45, 7) is 0. The van der Waals surface area contributed by atoms with Crippen LogP contribution in [-0.4, -0.2) is 44.0 Å². The number of hydrogen-bond donors (Lipinski definition) is 1. The van der Waals surface area contributed by atoms with Crippen molar-refractivity contribution in [1.29, 1.82) is 0 Å². The Morgan fingerprint density at radius 2 is 1.72 bits per heavy atom. The van der Waals surface area contributed by atoms with Crippen molar-refractivity contribution in [2.45, 2.75) is 11.0 Å². The molecule has 1 saturated heterocycles. The highest BCUT2D eigenvalue weighted by molar-refractivity contribution is 9.10. The van der Waals surface area contributed by atoms with Crippen LogP contribution in [0.15, 0.2) is 40.9 Å². The second-order valence-corrected chi connectivity index (χ2v) is 9.29. The number of nitrogens with zero attached hydrogens (tertiary/aromatic N) is 1. The standard InChI is InChI=1S/C18H13BrF4N2O5S2/c1-25-16(31)24-15(26)17(25,9-3-5-12(20)11(19)7-9)10-4-6-13(29-2)14(8-10)30-32(27,28)18(21,22)23/h3-8H,1-2H3,(H,24,26,31). The van der Waals surface area contributed by atoms with E-state index < -0.39 is 38.6 Å². The molecule has 1 heterocycles. The lowest BCUT2D eigenvalue weighted by Gasteiger charge is -2.35. The first-order valence-corrected chi connectivity index (χ1v) is 11.1. The van der Waals surface area contributed by atoms with Gasteiger partial charge in [0.05, 0.1) is 11.6 Å². The van der Waals surface area contributed by atoms with Gasteiger partial charge in [-0.25, -0.2) is 4.39 Å². The Hall–Kier alpha value is -2.45. The van der Waals surface area contributed by atoms with Crippen LogP contribution in [0.5, 0.6) is 11.5 Å². The summed E-state index contributed by atoms with van der Waals surface area (Å²) in [7, 11) is -3.50. The third kappa shape index (κ3) is 3.79. The molecule has 1 unspecified atom stereocenters. The van der Waals surface area contributed by atoms with Gasteiger partial charge >= 0.3 is 15.6 Å². The number of rotatable bonds is 5. The number of methoxy groups -OCH3 is 1. The van der Waals surface area contributed by atoms with E-state index in [4.69, 9.17) is 17.0 Å². The third-order valence-corrected chi connectivity index (χ3v) is 6.71. The maximum Gasteiger partial charge on any atom is 0.534 e. The molecule has 0 saturated carbocycles. The molecule has 1 N–H and O–H groups in total. The molecule has 32 heavy (non-hydrogen) atoms. The van der Waals surface area contributed by atoms with Crippen molar-refractivity contribution in [3.63, 3.8) is 0 Å². The Balaban J connectivity index is 2.28. The number of ether oxygens (including phenoxy) is 1. The minimum atomic E-state index is -6.04. The van der Waals surface area contributed by atoms with Gasteiger partial charge in [0, 0.05) is 7.05 Å². The van der Waals surface area contributed by atoms with Gasteiger partial charge in [0.15, 0.2) is 22.2 Å². The van der Waals surface area contributed by atoms with Crippen LogP contribution in [0, 0.1) is 5.82 Å². The normalized spacial score (nSPS) is 19.2. The van der Waals surface area contributed by atoms with Crippen molar-refractivity contribution in [3.8, 4) is 11.5 Å². The number of carbonyl (C=O) groups is 1. The van der Waals surface area contributed by atoms with Crippen molar-refractivity contribution in [3.05, 3.63) is 57.8 Å². The van der Waals surface area contributed by atoms with Gasteiger partial charge in [0.1, 0.15) is 5.82 Å². The van der Waals surface area contributed by atoms with E-state index in [2.05, 4.69) is 25.4 Å². The van der Waals surface area contributed by atoms with E-state index in [1.807, 2.05) is 0 Å². The van der Waals surface area contributed by atoms with Crippen LogP contribution < -0.4 is 14.2 Å². The number of carbonyl (C=O) groups excluding carboxylic acids is 1. The van der Waals surface area contributed by atoms with Crippen molar-refractivity contribution in [2.24, 2.45) is 0 Å². The van der Waals surface area contributed by atoms with Crippen LogP contribution in [0.2, 0.25) is 0 Å². The second kappa shape index (κ2) is 8.15. The van der Waals surface area contributed by atoms with E-state index in [0.717, 1.165) is 25.3 Å². The molecule has 1 fully saturated rings. The quantitative estimate of drug-likeness (QED) is 0.261. The minimum absolute atomic E-state index is 0.0102. The second-order valence-electron chi connectivity index (χ2n) is 6.51. The number of hydrogen-bond acceptors (Lipinski definition) is 6. The van der Waals surface area contributed by atoms with E-state index in [1.54, 1.807) is 0 Å². The molecule has 1 aliphatic heterocycles. The monoisotopic (exact) mass is 556 g/mol. The molecule has 7 nitrogen and oxygen atoms in total. The van der Waals surface area contributed by atoms with Gasteiger partial charge in [0.25, 0.3) is 5.91 Å². The Labute approximate surface area is 193 Å². The van der Waals surface area contributed by atoms with Gasteiger partial charge < -0.3 is 19.1 Å². The number of benzene rings is 2. The van der Waals surface area contributed by atoms with Crippen LogP contribution in [0.4, 0.5) is 17.6 Å². The van der Waals surface area contributed by atoms with Gasteiger partial charge in [-0.2, -0.15) is 21.6 Å². The number of nitrogens with one attached hydrogen (secondary N) is 1. The van der Waals surface area contributed by atoms with Crippen LogP contribution in [0.3, 0.4) is 0 Å². The molecule has 0 bridgehead atoms. The fourth-order valence-corrected chi connectivity index (χ4v) is 4.32. The summed E-state index contributed by atoms with van der Waals surface area (Å²) in [6.07, 6.45) is 0. The molecular formula is C18H13BrF4N2O5S2. The molecular weight excluding hydrogens is 544 g/mol. The first kappa shape index (κ1) is 24.2. The van der Waals surface area contributed by atoms with Gasteiger partial charge in [-0.3, -0.25) is 4.79 Å². The molecule has 0 aromatic heterocycles. The lowest BCUT2D eigenvalue weighted by molar-refractivity contribution is -0.124. The van der Waals surface area contributed by atoms with Crippen LogP contribution in [0.1, 0.15) is 11.1 Å². The zero-order valence-electron chi connectivity index (χ0n) is 16.2. The van der Waals surface area contributed by atoms with E-state index in [-0.39, 0.29) is 26.5 Å². The molecule has 3 rings (SSSR count). The molecule has 1 amide bonds. The molecule has 1 aliphatic rings. The molecule has 172 valence electrons. The van der Waals surface area contributed by atoms with Crippen molar-refractivity contribution >= 4 is 49.3 Å². The number of alkyl halides is 3. The highest BCUT2D eigenvalue weighted by atomic mass is 79.9. The topological polar surface area (TPSA) is 84.9 Å². The maximum atomic E-state index is 13.8. The van der Waals surface area contributed by atoms with E-state index in [9.17, 15) is 30.8 Å². The Bertz CT molecular complexity index is 1220. The predicted octanol–water partition coefficient (Wildman–Crippen LogP) is 3.42. The van der Waals surface area contributed by atoms with Crippen molar-refractivity contribution < 1.29 is 39.7 Å². The summed E-state index contributed by atoms with van der Waals surface area (Å²) < 4.78 is 84.8. The van der Waals surface area contributed by atoms with E-state index in [1.165, 1.54) is 30.1 Å². The fraction of sp³-hybridized carbons (Fsp3) is 0.222. The molecule has 0 radical (unpaired) electrons. The molecule has 14 heteroatoms. The number of likely N-dealkylation sites (N-methyl/N-ethyl adjacent to an activating group) is 1. The Morgan fingerprint density at radius 3 is 2.22 bits per heavy atom. The van der Waals surface area contributed by atoms with Crippen molar-refractivity contribution in [1.82, 2.24) is 10.2 Å². The summed E-state index contributed by atoms with van der Waals surface area (Å²) in [4.78, 5) is 14.4. The third-order valence-electron chi connectivity index (χ3n) is 4.76. The van der Waals surface area contributed by atoms with Gasteiger partial charge in [0.2, 0.25) is 0 Å². The average molecular weight is 557 g/mol. The highest BCUT2D eigenvalue weighted by Gasteiger charge is 2.53. The Morgan fingerprint density at radius 1 is 1.12 bits per heavy atom. The average Bonchev–Trinajstić information content (AvgIpc) is 2.92. The summed E-state index contributed by atoms with van der Waals surface area (Å²) in [5, 5.41) is 2.43. The van der Waals surface area contributed by atoms with Crippen molar-refractivity contribution in [2.75, 3.05) is 14.2 Å². The Kier molecular flexibility index (Phi) is 6.17. The zero-order valence-corrected chi connectivity index (χ0v) is 19.4. The first-order chi connectivity index (χ1) is 14.8. The molecule has 2 aromatic rings. The van der Waals surface area contributed by atoms with Gasteiger partial charge in [-0.05, 0) is 63.5 Å². The summed E-state index contributed by atoms with van der Waals surface area (Å²) in [5.74, 6) is -2.46. The SMILES string of the molecule is COc1ccc(C2(c3ccc(F)c(Br)c3)C(=O)NC(=S)N2C)cc1OS(=O)(=O)C(F)(F)F. The van der Waals surface area contributed by atoms with Gasteiger partial charge in [-0.1, -0.05) is 12.1 Å². The zero-order chi connectivity index (χ0) is 24.1. The summed E-state index contributed by atoms with van der Waals surface area (Å²) >= 11 is 8.19. The maximum absolute atomic E-state index is 13.8. The van der Waals surface area contributed by atoms with Crippen LogP contribution in [-0.2, 0) is 20.5 Å². The molecule has 2 aromatic carbocycles.